The van der Waals surface area contributed by atoms with Crippen LogP contribution in [0.15, 0.2) is 0 Å². The molecule has 0 aromatic heterocycles. The van der Waals surface area contributed by atoms with Gasteiger partial charge in [-0.15, -0.1) is 0 Å². The van der Waals surface area contributed by atoms with E-state index in [1.165, 1.54) is 129 Å². The van der Waals surface area contributed by atoms with Crippen LogP contribution in [0.3, 0.4) is 0 Å². The van der Waals surface area contributed by atoms with Crippen molar-refractivity contribution < 1.29 is 39.8 Å². The van der Waals surface area contributed by atoms with Crippen LogP contribution >= 0.6 is 0 Å². The summed E-state index contributed by atoms with van der Waals surface area (Å²) < 4.78 is 11.3. The van der Waals surface area contributed by atoms with E-state index in [9.17, 15) is 30.3 Å². The number of hydrogen-bond acceptors (Lipinski definition) is 8. The summed E-state index contributed by atoms with van der Waals surface area (Å²) in [5.41, 5.74) is 0. The van der Waals surface area contributed by atoms with Crippen molar-refractivity contribution in [2.24, 2.45) is 0 Å². The number of ether oxygens (including phenoxy) is 2. The molecule has 0 aliphatic carbocycles. The molecule has 49 heavy (non-hydrogen) atoms. The fourth-order valence-electron chi connectivity index (χ4n) is 6.23. The van der Waals surface area contributed by atoms with Gasteiger partial charge in [-0.05, 0) is 19.8 Å². The number of amides is 1. The fraction of sp³-hybridized carbons (Fsp3) is 0.975. The van der Waals surface area contributed by atoms with Crippen LogP contribution in [0, 0.1) is 0 Å². The molecule has 0 aliphatic rings. The van der Waals surface area contributed by atoms with E-state index in [-0.39, 0.29) is 12.5 Å². The van der Waals surface area contributed by atoms with Gasteiger partial charge < -0.3 is 40.3 Å². The van der Waals surface area contributed by atoms with Gasteiger partial charge in [0.25, 0.3) is 0 Å². The van der Waals surface area contributed by atoms with Gasteiger partial charge in [0.2, 0.25) is 5.91 Å². The molecule has 6 N–H and O–H groups in total. The molecule has 0 rings (SSSR count). The molecule has 0 fully saturated rings. The van der Waals surface area contributed by atoms with Gasteiger partial charge in [-0.3, -0.25) is 4.79 Å². The van der Waals surface area contributed by atoms with E-state index < -0.39 is 50.0 Å². The van der Waals surface area contributed by atoms with Crippen LogP contribution in [0.4, 0.5) is 0 Å². The quantitative estimate of drug-likeness (QED) is 0.0281. The number of carbonyl (C=O) groups is 1. The van der Waals surface area contributed by atoms with E-state index in [1.54, 1.807) is 0 Å². The van der Waals surface area contributed by atoms with E-state index in [0.29, 0.717) is 12.8 Å². The molecule has 0 heterocycles. The Morgan fingerprint density at radius 3 is 1.37 bits per heavy atom. The van der Waals surface area contributed by atoms with E-state index in [0.717, 1.165) is 38.5 Å². The maximum absolute atomic E-state index is 12.9. The first kappa shape index (κ1) is 48.2. The minimum Gasteiger partial charge on any atom is -0.394 e. The van der Waals surface area contributed by atoms with E-state index in [2.05, 4.69) is 19.2 Å². The Morgan fingerprint density at radius 1 is 0.571 bits per heavy atom. The van der Waals surface area contributed by atoms with Gasteiger partial charge in [0.05, 0.1) is 38.1 Å². The van der Waals surface area contributed by atoms with Crippen molar-refractivity contribution in [3.05, 3.63) is 0 Å². The maximum atomic E-state index is 12.9. The van der Waals surface area contributed by atoms with Gasteiger partial charge in [-0.25, -0.2) is 0 Å². The first-order valence-electron chi connectivity index (χ1n) is 20.6. The van der Waals surface area contributed by atoms with Crippen LogP contribution in [-0.2, 0) is 14.3 Å². The number of hydrogen-bond donors (Lipinski definition) is 6. The molecule has 9 nitrogen and oxygen atoms in total. The molecule has 0 aromatic carbocycles. The van der Waals surface area contributed by atoms with Gasteiger partial charge in [-0.2, -0.15) is 0 Å². The van der Waals surface area contributed by atoms with Crippen molar-refractivity contribution in [2.75, 3.05) is 19.8 Å². The third kappa shape index (κ3) is 29.5. The molecule has 1 amide bonds. The van der Waals surface area contributed by atoms with Gasteiger partial charge in [-0.1, -0.05) is 168 Å². The second kappa shape index (κ2) is 35.6. The molecule has 5 unspecified atom stereocenters. The Bertz CT molecular complexity index is 697. The van der Waals surface area contributed by atoms with Crippen molar-refractivity contribution in [1.82, 2.24) is 5.32 Å². The zero-order chi connectivity index (χ0) is 36.4. The van der Waals surface area contributed by atoms with Crippen molar-refractivity contribution in [2.45, 2.75) is 231 Å². The molecular formula is C40H81NO8. The van der Waals surface area contributed by atoms with Crippen LogP contribution < -0.4 is 5.32 Å². The molecule has 6 atom stereocenters. The Kier molecular flexibility index (Phi) is 35.0. The van der Waals surface area contributed by atoms with Crippen LogP contribution in [0.1, 0.15) is 194 Å². The number of nitrogens with one attached hydrogen (secondary N) is 1. The van der Waals surface area contributed by atoms with Crippen LogP contribution in [0.2, 0.25) is 0 Å². The largest absolute Gasteiger partial charge is 0.394 e. The van der Waals surface area contributed by atoms with E-state index >= 15 is 0 Å². The highest BCUT2D eigenvalue weighted by atomic mass is 16.7. The summed E-state index contributed by atoms with van der Waals surface area (Å²) in [5, 5.41) is 53.3. The monoisotopic (exact) mass is 704 g/mol. The summed E-state index contributed by atoms with van der Waals surface area (Å²) in [6.07, 6.45) is 25.9. The normalized spacial score (nSPS) is 15.5. The summed E-state index contributed by atoms with van der Waals surface area (Å²) in [5.74, 6) is -0.150. The topological polar surface area (TPSA) is 149 Å². The third-order valence-electron chi connectivity index (χ3n) is 9.64. The predicted octanol–water partition coefficient (Wildman–Crippen LogP) is 7.86. The average molecular weight is 704 g/mol. The van der Waals surface area contributed by atoms with Crippen LogP contribution in [0.25, 0.3) is 0 Å². The van der Waals surface area contributed by atoms with Crippen LogP contribution in [-0.4, -0.2) is 88.0 Å². The maximum Gasteiger partial charge on any atom is 0.220 e. The lowest BCUT2D eigenvalue weighted by atomic mass is 10.0. The Morgan fingerprint density at radius 2 is 0.980 bits per heavy atom. The Labute approximate surface area is 301 Å². The minimum absolute atomic E-state index is 0.149. The van der Waals surface area contributed by atoms with E-state index in [1.807, 2.05) is 0 Å². The molecular weight excluding hydrogens is 622 g/mol. The number of rotatable bonds is 38. The minimum atomic E-state index is -1.43. The summed E-state index contributed by atoms with van der Waals surface area (Å²) in [6, 6.07) is -0.724. The zero-order valence-corrected chi connectivity index (χ0v) is 32.1. The van der Waals surface area contributed by atoms with Gasteiger partial charge in [0.15, 0.2) is 6.29 Å². The first-order chi connectivity index (χ1) is 23.8. The Balaban J connectivity index is 4.65. The summed E-state index contributed by atoms with van der Waals surface area (Å²) in [6.45, 7) is 4.63. The molecule has 0 saturated heterocycles. The Hall–Kier alpha value is -0.810. The van der Waals surface area contributed by atoms with Crippen molar-refractivity contribution in [3.8, 4) is 0 Å². The molecule has 0 bridgehead atoms. The smallest absolute Gasteiger partial charge is 0.220 e. The van der Waals surface area contributed by atoms with Crippen molar-refractivity contribution in [1.29, 1.82) is 0 Å². The van der Waals surface area contributed by atoms with Gasteiger partial charge in [0.1, 0.15) is 12.2 Å². The van der Waals surface area contributed by atoms with Crippen LogP contribution in [0.5, 0.6) is 0 Å². The number of aliphatic hydroxyl groups excluding tert-OH is 5. The summed E-state index contributed by atoms with van der Waals surface area (Å²) in [4.78, 5) is 12.9. The number of aliphatic hydroxyl groups is 5. The SMILES string of the molecule is CCCCCCCCCCCCCCCCC(=O)NC(COC(OC(CO)C(C)O)[C@@H](O)CO)C(O)CCCCCCCCCCCCC. The molecule has 0 aliphatic heterocycles. The number of unbranched alkanes of at least 4 members (excludes halogenated alkanes) is 23. The lowest BCUT2D eigenvalue weighted by Gasteiger charge is -2.31. The fourth-order valence-corrected chi connectivity index (χ4v) is 6.23. The van der Waals surface area contributed by atoms with Crippen molar-refractivity contribution in [3.63, 3.8) is 0 Å². The molecule has 0 radical (unpaired) electrons. The zero-order valence-electron chi connectivity index (χ0n) is 32.1. The molecule has 0 aromatic rings. The van der Waals surface area contributed by atoms with Gasteiger partial charge >= 0.3 is 0 Å². The van der Waals surface area contributed by atoms with E-state index in [4.69, 9.17) is 9.47 Å². The standard InChI is InChI=1S/C40H81NO8/c1-4-6-8-10-12-14-16-17-18-20-22-24-26-28-30-39(47)41-35(33-48-40(37(46)31-42)49-38(32-43)34(3)44)36(45)29-27-25-23-21-19-15-13-11-9-7-5-2/h34-38,40,42-46H,4-33H2,1-3H3,(H,41,47)/t34?,35?,36?,37-,38?,40?/m0/s1. The molecule has 0 spiro atoms. The highest BCUT2D eigenvalue weighted by Crippen LogP contribution is 2.17. The summed E-state index contributed by atoms with van der Waals surface area (Å²) in [7, 11) is 0. The molecule has 294 valence electrons. The van der Waals surface area contributed by atoms with Gasteiger partial charge in [0, 0.05) is 6.42 Å². The highest BCUT2D eigenvalue weighted by molar-refractivity contribution is 5.76. The summed E-state index contributed by atoms with van der Waals surface area (Å²) >= 11 is 0. The average Bonchev–Trinajstić information content (AvgIpc) is 3.09. The molecule has 0 saturated carbocycles. The number of carbonyl (C=O) groups excluding carboxylic acids is 1. The molecule has 9 heteroatoms. The van der Waals surface area contributed by atoms with Crippen molar-refractivity contribution >= 4 is 5.91 Å². The second-order valence-electron chi connectivity index (χ2n) is 14.5. The first-order valence-corrected chi connectivity index (χ1v) is 20.6. The second-order valence-corrected chi connectivity index (χ2v) is 14.5. The predicted molar refractivity (Wildman–Crippen MR) is 200 cm³/mol. The highest BCUT2D eigenvalue weighted by Gasteiger charge is 2.29. The lowest BCUT2D eigenvalue weighted by Crippen LogP contribution is -2.49. The lowest BCUT2D eigenvalue weighted by molar-refractivity contribution is -0.243. The third-order valence-corrected chi connectivity index (χ3v) is 9.64.